The van der Waals surface area contributed by atoms with Gasteiger partial charge in [0.1, 0.15) is 6.61 Å². The first-order valence-electron chi connectivity index (χ1n) is 6.05. The van der Waals surface area contributed by atoms with Crippen molar-refractivity contribution in [3.05, 3.63) is 24.3 Å². The second kappa shape index (κ2) is 5.73. The van der Waals surface area contributed by atoms with Crippen LogP contribution < -0.4 is 14.8 Å². The van der Waals surface area contributed by atoms with E-state index in [1.165, 1.54) is 0 Å². The van der Waals surface area contributed by atoms with Crippen LogP contribution in [0.25, 0.3) is 0 Å². The van der Waals surface area contributed by atoms with Gasteiger partial charge in [-0.2, -0.15) is 0 Å². The molecule has 5 nitrogen and oxygen atoms in total. The third-order valence-corrected chi connectivity index (χ3v) is 2.78. The molecular weight excluding hydrogens is 234 g/mol. The molecule has 0 saturated heterocycles. The molecule has 2 N–H and O–H groups in total. The molecule has 2 unspecified atom stereocenters. The van der Waals surface area contributed by atoms with Crippen LogP contribution in [-0.2, 0) is 4.79 Å². The average molecular weight is 251 g/mol. The van der Waals surface area contributed by atoms with Crippen LogP contribution in [0, 0.1) is 0 Å². The predicted molar refractivity (Wildman–Crippen MR) is 65.7 cm³/mol. The second-order valence-electron chi connectivity index (χ2n) is 4.17. The van der Waals surface area contributed by atoms with Gasteiger partial charge in [-0.3, -0.25) is 4.79 Å². The summed E-state index contributed by atoms with van der Waals surface area (Å²) in [6.07, 6.45) is -0.583. The highest BCUT2D eigenvalue weighted by Crippen LogP contribution is 2.30. The Kier molecular flexibility index (Phi) is 4.04. The van der Waals surface area contributed by atoms with E-state index in [0.717, 1.165) is 0 Å². The van der Waals surface area contributed by atoms with Gasteiger partial charge < -0.3 is 19.9 Å². The second-order valence-corrected chi connectivity index (χ2v) is 4.17. The van der Waals surface area contributed by atoms with Gasteiger partial charge in [0, 0.05) is 6.54 Å². The van der Waals surface area contributed by atoms with Gasteiger partial charge in [-0.25, -0.2) is 0 Å². The number of ether oxygens (including phenoxy) is 2. The molecule has 2 rings (SSSR count). The highest BCUT2D eigenvalue weighted by atomic mass is 16.6. The Bertz CT molecular complexity index is 421. The van der Waals surface area contributed by atoms with Gasteiger partial charge >= 0.3 is 0 Å². The lowest BCUT2D eigenvalue weighted by molar-refractivity contribution is -0.130. The molecule has 0 radical (unpaired) electrons. The van der Waals surface area contributed by atoms with Crippen LogP contribution in [0.5, 0.6) is 11.5 Å². The van der Waals surface area contributed by atoms with Crippen molar-refractivity contribution >= 4 is 5.91 Å². The van der Waals surface area contributed by atoms with E-state index in [4.69, 9.17) is 9.47 Å². The zero-order valence-electron chi connectivity index (χ0n) is 10.3. The fourth-order valence-corrected chi connectivity index (χ4v) is 1.63. The molecular formula is C13H17NO4. The van der Waals surface area contributed by atoms with Gasteiger partial charge in [0.15, 0.2) is 11.5 Å². The first-order chi connectivity index (χ1) is 8.70. The molecule has 0 aliphatic carbocycles. The molecule has 1 aromatic rings. The van der Waals surface area contributed by atoms with E-state index in [9.17, 15) is 9.90 Å². The largest absolute Gasteiger partial charge is 0.485 e. The third-order valence-electron chi connectivity index (χ3n) is 2.78. The number of amides is 1. The van der Waals surface area contributed by atoms with Gasteiger partial charge in [0.25, 0.3) is 5.91 Å². The molecule has 1 amide bonds. The summed E-state index contributed by atoms with van der Waals surface area (Å²) < 4.78 is 11.0. The number of aliphatic hydroxyl groups excluding tert-OH is 1. The Morgan fingerprint density at radius 2 is 2.22 bits per heavy atom. The number of rotatable bonds is 4. The number of nitrogens with one attached hydrogen (secondary N) is 1. The van der Waals surface area contributed by atoms with Crippen molar-refractivity contribution in [2.75, 3.05) is 13.2 Å². The smallest absolute Gasteiger partial charge is 0.264 e. The molecule has 0 aromatic heterocycles. The Hall–Kier alpha value is -1.75. The van der Waals surface area contributed by atoms with Crippen LogP contribution in [-0.4, -0.2) is 36.4 Å². The number of para-hydroxylation sites is 2. The predicted octanol–water partition coefficient (Wildman–Crippen LogP) is 0.713. The van der Waals surface area contributed by atoms with E-state index in [2.05, 4.69) is 5.32 Å². The van der Waals surface area contributed by atoms with Crippen molar-refractivity contribution in [3.8, 4) is 11.5 Å². The molecule has 2 atom stereocenters. The van der Waals surface area contributed by atoms with Gasteiger partial charge in [-0.1, -0.05) is 19.1 Å². The average Bonchev–Trinajstić information content (AvgIpc) is 2.43. The van der Waals surface area contributed by atoms with Crippen molar-refractivity contribution in [2.24, 2.45) is 0 Å². The van der Waals surface area contributed by atoms with Crippen LogP contribution in [0.15, 0.2) is 24.3 Å². The summed E-state index contributed by atoms with van der Waals surface area (Å²) in [4.78, 5) is 11.8. The molecule has 1 aliphatic heterocycles. The molecule has 1 heterocycles. The minimum Gasteiger partial charge on any atom is -0.485 e. The summed E-state index contributed by atoms with van der Waals surface area (Å²) in [6, 6.07) is 7.23. The number of carbonyl (C=O) groups is 1. The Labute approximate surface area is 106 Å². The van der Waals surface area contributed by atoms with E-state index in [1.54, 1.807) is 12.1 Å². The van der Waals surface area contributed by atoms with E-state index < -0.39 is 12.2 Å². The molecule has 1 aliphatic rings. The van der Waals surface area contributed by atoms with E-state index in [1.807, 2.05) is 19.1 Å². The quantitative estimate of drug-likeness (QED) is 0.827. The lowest BCUT2D eigenvalue weighted by Gasteiger charge is -2.25. The zero-order valence-corrected chi connectivity index (χ0v) is 10.3. The summed E-state index contributed by atoms with van der Waals surface area (Å²) >= 11 is 0. The van der Waals surface area contributed by atoms with Crippen LogP contribution >= 0.6 is 0 Å². The molecule has 98 valence electrons. The molecule has 0 bridgehead atoms. The summed E-state index contributed by atoms with van der Waals surface area (Å²) in [7, 11) is 0. The highest BCUT2D eigenvalue weighted by molar-refractivity contribution is 5.81. The zero-order chi connectivity index (χ0) is 13.0. The number of hydrogen-bond acceptors (Lipinski definition) is 4. The van der Waals surface area contributed by atoms with Crippen molar-refractivity contribution in [1.82, 2.24) is 5.32 Å². The summed E-state index contributed by atoms with van der Waals surface area (Å²) in [5.41, 5.74) is 0. The van der Waals surface area contributed by atoms with Gasteiger partial charge in [-0.15, -0.1) is 0 Å². The summed E-state index contributed by atoms with van der Waals surface area (Å²) in [5.74, 6) is 0.951. The Morgan fingerprint density at radius 3 is 2.94 bits per heavy atom. The number of hydrogen-bond donors (Lipinski definition) is 2. The maximum Gasteiger partial charge on any atom is 0.264 e. The standard InChI is InChI=1S/C13H17NO4/c1-2-9(15)7-14-13(16)12-8-17-10-5-3-4-6-11(10)18-12/h3-6,9,12,15H,2,7-8H2,1H3,(H,14,16). The highest BCUT2D eigenvalue weighted by Gasteiger charge is 2.27. The van der Waals surface area contributed by atoms with Crippen LogP contribution in [0.3, 0.4) is 0 Å². The lowest BCUT2D eigenvalue weighted by atomic mass is 10.2. The monoisotopic (exact) mass is 251 g/mol. The van der Waals surface area contributed by atoms with Crippen molar-refractivity contribution in [2.45, 2.75) is 25.6 Å². The van der Waals surface area contributed by atoms with Crippen molar-refractivity contribution < 1.29 is 19.4 Å². The number of fused-ring (bicyclic) bond motifs is 1. The maximum atomic E-state index is 11.8. The van der Waals surface area contributed by atoms with Crippen molar-refractivity contribution in [1.29, 1.82) is 0 Å². The minimum absolute atomic E-state index is 0.186. The Balaban J connectivity index is 1.90. The Morgan fingerprint density at radius 1 is 1.50 bits per heavy atom. The van der Waals surface area contributed by atoms with Crippen molar-refractivity contribution in [3.63, 3.8) is 0 Å². The molecule has 5 heteroatoms. The van der Waals surface area contributed by atoms with Gasteiger partial charge in [0.05, 0.1) is 6.10 Å². The summed E-state index contributed by atoms with van der Waals surface area (Å²) in [5, 5.41) is 12.0. The van der Waals surface area contributed by atoms with Crippen LogP contribution in [0.4, 0.5) is 0 Å². The molecule has 0 spiro atoms. The topological polar surface area (TPSA) is 67.8 Å². The van der Waals surface area contributed by atoms with Gasteiger partial charge in [-0.05, 0) is 18.6 Å². The minimum atomic E-state index is -0.663. The van der Waals surface area contributed by atoms with E-state index in [0.29, 0.717) is 17.9 Å². The third kappa shape index (κ3) is 2.92. The SMILES string of the molecule is CCC(O)CNC(=O)C1COc2ccccc2O1. The fourth-order valence-electron chi connectivity index (χ4n) is 1.63. The molecule has 0 saturated carbocycles. The fraction of sp³-hybridized carbons (Fsp3) is 0.462. The van der Waals surface area contributed by atoms with Crippen LogP contribution in [0.2, 0.25) is 0 Å². The van der Waals surface area contributed by atoms with Gasteiger partial charge in [0.2, 0.25) is 6.10 Å². The molecule has 18 heavy (non-hydrogen) atoms. The van der Waals surface area contributed by atoms with Crippen LogP contribution in [0.1, 0.15) is 13.3 Å². The summed E-state index contributed by atoms with van der Waals surface area (Å²) in [6.45, 7) is 2.27. The lowest BCUT2D eigenvalue weighted by Crippen LogP contribution is -2.46. The number of carbonyl (C=O) groups excluding carboxylic acids is 1. The normalized spacial score (nSPS) is 19.1. The first-order valence-corrected chi connectivity index (χ1v) is 6.05. The van der Waals surface area contributed by atoms with E-state index >= 15 is 0 Å². The maximum absolute atomic E-state index is 11.8. The first kappa shape index (κ1) is 12.7. The number of aliphatic hydroxyl groups is 1. The van der Waals surface area contributed by atoms with E-state index in [-0.39, 0.29) is 19.1 Å². The molecule has 0 fully saturated rings. The molecule has 1 aromatic carbocycles. The number of benzene rings is 1.